The topological polar surface area (TPSA) is 151 Å². The minimum atomic E-state index is -3.67. The molecule has 2 rings (SSSR count). The molecule has 120 valence electrons. The van der Waals surface area contributed by atoms with Crippen molar-refractivity contribution in [3.8, 4) is 11.6 Å². The summed E-state index contributed by atoms with van der Waals surface area (Å²) in [6.07, 6.45) is 2.43. The van der Waals surface area contributed by atoms with E-state index >= 15 is 0 Å². The first-order valence-corrected chi connectivity index (χ1v) is 8.10. The quantitative estimate of drug-likeness (QED) is 0.589. The molecule has 1 heterocycles. The SMILES string of the molecule is CS(=O)(=O)c1cc(C(=O)N=C(N)N)ccc1Oc1cccnn1. The van der Waals surface area contributed by atoms with Crippen LogP contribution in [0.15, 0.2) is 46.4 Å². The molecule has 0 atom stereocenters. The molecule has 0 radical (unpaired) electrons. The fourth-order valence-electron chi connectivity index (χ4n) is 1.65. The van der Waals surface area contributed by atoms with Crippen LogP contribution in [0.1, 0.15) is 10.4 Å². The molecular weight excluding hydrogens is 322 g/mol. The number of ether oxygens (including phenoxy) is 1. The summed E-state index contributed by atoms with van der Waals surface area (Å²) < 4.78 is 29.3. The third-order valence-corrected chi connectivity index (χ3v) is 3.70. The minimum Gasteiger partial charge on any atom is -0.436 e. The van der Waals surface area contributed by atoms with Crippen molar-refractivity contribution in [2.45, 2.75) is 4.90 Å². The van der Waals surface area contributed by atoms with Crippen molar-refractivity contribution < 1.29 is 17.9 Å². The van der Waals surface area contributed by atoms with Crippen molar-refractivity contribution in [3.05, 3.63) is 42.1 Å². The molecule has 0 saturated carbocycles. The number of amides is 1. The average molecular weight is 335 g/mol. The van der Waals surface area contributed by atoms with Crippen LogP contribution in [-0.4, -0.2) is 36.7 Å². The van der Waals surface area contributed by atoms with Crippen molar-refractivity contribution in [2.75, 3.05) is 6.26 Å². The lowest BCUT2D eigenvalue weighted by atomic mass is 10.2. The maximum atomic E-state index is 11.9. The predicted molar refractivity (Wildman–Crippen MR) is 81.8 cm³/mol. The van der Waals surface area contributed by atoms with Crippen LogP contribution in [0.3, 0.4) is 0 Å². The first-order chi connectivity index (χ1) is 10.8. The first-order valence-electron chi connectivity index (χ1n) is 6.21. The maximum absolute atomic E-state index is 11.9. The van der Waals surface area contributed by atoms with E-state index in [4.69, 9.17) is 16.2 Å². The smallest absolute Gasteiger partial charge is 0.280 e. The van der Waals surface area contributed by atoms with Gasteiger partial charge in [-0.25, -0.2) is 8.42 Å². The molecule has 0 fully saturated rings. The number of rotatable bonds is 4. The highest BCUT2D eigenvalue weighted by Crippen LogP contribution is 2.29. The van der Waals surface area contributed by atoms with Gasteiger partial charge in [0.1, 0.15) is 10.6 Å². The van der Waals surface area contributed by atoms with Crippen LogP contribution in [0.4, 0.5) is 0 Å². The second-order valence-electron chi connectivity index (χ2n) is 4.44. The average Bonchev–Trinajstić information content (AvgIpc) is 2.46. The number of nitrogens with zero attached hydrogens (tertiary/aromatic N) is 3. The minimum absolute atomic E-state index is 0.00493. The summed E-state index contributed by atoms with van der Waals surface area (Å²) in [5.41, 5.74) is 10.3. The molecule has 9 nitrogen and oxygen atoms in total. The van der Waals surface area contributed by atoms with Crippen LogP contribution in [-0.2, 0) is 9.84 Å². The van der Waals surface area contributed by atoms with E-state index in [-0.39, 0.29) is 22.1 Å². The highest BCUT2D eigenvalue weighted by Gasteiger charge is 2.19. The molecule has 23 heavy (non-hydrogen) atoms. The van der Waals surface area contributed by atoms with Crippen molar-refractivity contribution in [3.63, 3.8) is 0 Å². The Balaban J connectivity index is 2.48. The Bertz CT molecular complexity index is 861. The number of hydrogen-bond donors (Lipinski definition) is 2. The van der Waals surface area contributed by atoms with Crippen LogP contribution in [0.2, 0.25) is 0 Å². The Hall–Kier alpha value is -3.01. The van der Waals surface area contributed by atoms with Gasteiger partial charge < -0.3 is 16.2 Å². The zero-order valence-corrected chi connectivity index (χ0v) is 12.8. The van der Waals surface area contributed by atoms with Gasteiger partial charge >= 0.3 is 0 Å². The molecule has 1 aromatic carbocycles. The molecule has 0 aliphatic heterocycles. The van der Waals surface area contributed by atoms with Gasteiger partial charge in [-0.1, -0.05) is 0 Å². The molecule has 10 heteroatoms. The normalized spacial score (nSPS) is 10.8. The molecule has 0 saturated heterocycles. The third-order valence-electron chi connectivity index (χ3n) is 2.58. The number of hydrogen-bond acceptors (Lipinski definition) is 6. The lowest BCUT2D eigenvalue weighted by Crippen LogP contribution is -2.24. The van der Waals surface area contributed by atoms with E-state index in [0.29, 0.717) is 0 Å². The van der Waals surface area contributed by atoms with E-state index in [2.05, 4.69) is 15.2 Å². The Kier molecular flexibility index (Phi) is 4.55. The van der Waals surface area contributed by atoms with Crippen LogP contribution in [0.5, 0.6) is 11.6 Å². The van der Waals surface area contributed by atoms with Gasteiger partial charge in [0, 0.05) is 24.1 Å². The second-order valence-corrected chi connectivity index (χ2v) is 6.42. The van der Waals surface area contributed by atoms with Gasteiger partial charge in [-0.3, -0.25) is 4.79 Å². The number of aliphatic imine (C=N–C) groups is 1. The van der Waals surface area contributed by atoms with Gasteiger partial charge in [0.2, 0.25) is 5.88 Å². The highest BCUT2D eigenvalue weighted by molar-refractivity contribution is 7.90. The number of carbonyl (C=O) groups excluding carboxylic acids is 1. The van der Waals surface area contributed by atoms with Crippen LogP contribution in [0, 0.1) is 0 Å². The zero-order valence-electron chi connectivity index (χ0n) is 12.0. The van der Waals surface area contributed by atoms with Crippen LogP contribution >= 0.6 is 0 Å². The van der Waals surface area contributed by atoms with Gasteiger partial charge in [0.05, 0.1) is 0 Å². The van der Waals surface area contributed by atoms with Crippen LogP contribution < -0.4 is 16.2 Å². The monoisotopic (exact) mass is 335 g/mol. The number of guanidine groups is 1. The van der Waals surface area contributed by atoms with Crippen molar-refractivity contribution >= 4 is 21.7 Å². The van der Waals surface area contributed by atoms with Gasteiger partial charge in [-0.05, 0) is 24.3 Å². The number of sulfone groups is 1. The van der Waals surface area contributed by atoms with Gasteiger partial charge in [0.15, 0.2) is 15.8 Å². The molecule has 0 spiro atoms. The van der Waals surface area contributed by atoms with Crippen molar-refractivity contribution in [1.82, 2.24) is 10.2 Å². The molecule has 0 bridgehead atoms. The molecule has 0 aliphatic rings. The molecule has 0 unspecified atom stereocenters. The predicted octanol–water partition coefficient (Wildman–Crippen LogP) is 0.0860. The first kappa shape index (κ1) is 16.4. The number of nitrogens with two attached hydrogens (primary N) is 2. The van der Waals surface area contributed by atoms with E-state index in [1.807, 2.05) is 0 Å². The summed E-state index contributed by atoms with van der Waals surface area (Å²) in [5.74, 6) is -1.06. The van der Waals surface area contributed by atoms with E-state index in [0.717, 1.165) is 12.3 Å². The van der Waals surface area contributed by atoms with E-state index < -0.39 is 21.7 Å². The second kappa shape index (κ2) is 6.40. The Morgan fingerprint density at radius 3 is 2.57 bits per heavy atom. The maximum Gasteiger partial charge on any atom is 0.280 e. The molecule has 2 aromatic rings. The van der Waals surface area contributed by atoms with Gasteiger partial charge in [-0.15, -0.1) is 5.10 Å². The summed E-state index contributed by atoms with van der Waals surface area (Å²) >= 11 is 0. The highest BCUT2D eigenvalue weighted by atomic mass is 32.2. The van der Waals surface area contributed by atoms with Gasteiger partial charge in [-0.2, -0.15) is 10.1 Å². The summed E-state index contributed by atoms with van der Waals surface area (Å²) in [4.78, 5) is 15.0. The molecule has 4 N–H and O–H groups in total. The van der Waals surface area contributed by atoms with Crippen molar-refractivity contribution in [1.29, 1.82) is 0 Å². The van der Waals surface area contributed by atoms with Crippen molar-refractivity contribution in [2.24, 2.45) is 16.5 Å². The fourth-order valence-corrected chi connectivity index (χ4v) is 2.47. The standard InChI is InChI=1S/C13H13N5O4S/c1-23(20,21)10-7-8(12(19)17-13(14)15)4-5-9(10)22-11-3-2-6-16-18-11/h2-7H,1H3,(H4,14,15,17,19). The summed E-state index contributed by atoms with van der Waals surface area (Å²) in [7, 11) is -3.67. The summed E-state index contributed by atoms with van der Waals surface area (Å²) in [5, 5.41) is 7.33. The zero-order chi connectivity index (χ0) is 17.0. The summed E-state index contributed by atoms with van der Waals surface area (Å²) in [6, 6.07) is 6.89. The van der Waals surface area contributed by atoms with Gasteiger partial charge in [0.25, 0.3) is 5.91 Å². The van der Waals surface area contributed by atoms with E-state index in [9.17, 15) is 13.2 Å². The van der Waals surface area contributed by atoms with E-state index in [1.54, 1.807) is 6.07 Å². The Morgan fingerprint density at radius 2 is 2.00 bits per heavy atom. The number of benzene rings is 1. The fraction of sp³-hybridized carbons (Fsp3) is 0.0769. The largest absolute Gasteiger partial charge is 0.436 e. The summed E-state index contributed by atoms with van der Waals surface area (Å²) in [6.45, 7) is 0. The Morgan fingerprint density at radius 1 is 1.26 bits per heavy atom. The van der Waals surface area contributed by atoms with E-state index in [1.165, 1.54) is 24.4 Å². The number of carbonyl (C=O) groups is 1. The molecule has 1 amide bonds. The molecule has 0 aliphatic carbocycles. The van der Waals surface area contributed by atoms with Crippen LogP contribution in [0.25, 0.3) is 0 Å². The lowest BCUT2D eigenvalue weighted by Gasteiger charge is -2.09. The molecular formula is C13H13N5O4S. The third kappa shape index (κ3) is 4.23. The molecule has 1 aromatic heterocycles. The lowest BCUT2D eigenvalue weighted by molar-refractivity contribution is 0.100. The Labute approximate surface area is 131 Å². The number of aromatic nitrogens is 2.